The van der Waals surface area contributed by atoms with Crippen molar-refractivity contribution < 1.29 is 4.74 Å². The minimum Gasteiger partial charge on any atom is -0.382 e. The number of ether oxygens (including phenoxy) is 1. The van der Waals surface area contributed by atoms with Gasteiger partial charge in [-0.25, -0.2) is 0 Å². The molecule has 0 amide bonds. The van der Waals surface area contributed by atoms with E-state index in [9.17, 15) is 0 Å². The summed E-state index contributed by atoms with van der Waals surface area (Å²) in [5, 5.41) is 0. The first kappa shape index (κ1) is 34.9. The van der Waals surface area contributed by atoms with Gasteiger partial charge in [-0.2, -0.15) is 0 Å². The van der Waals surface area contributed by atoms with Crippen LogP contribution in [0.2, 0.25) is 0 Å². The zero-order valence-electron chi connectivity index (χ0n) is 14.7. The van der Waals surface area contributed by atoms with Crippen molar-refractivity contribution in [3.05, 3.63) is 24.8 Å². The molecule has 0 aromatic carbocycles. The summed E-state index contributed by atoms with van der Waals surface area (Å²) in [4.78, 5) is 8.81. The molecule has 0 N–H and O–H groups in total. The highest BCUT2D eigenvalue weighted by atomic mass is 16.5. The van der Waals surface area contributed by atoms with Crippen LogP contribution in [0.4, 0.5) is 0 Å². The monoisotopic (exact) mass is 362 g/mol. The maximum Gasteiger partial charge on any atom is 0.0890 e. The van der Waals surface area contributed by atoms with Crippen LogP contribution in [0.1, 0.15) is 57.4 Å². The van der Waals surface area contributed by atoms with Crippen molar-refractivity contribution >= 4 is 0 Å². The highest BCUT2D eigenvalue weighted by molar-refractivity contribution is 4.88. The van der Waals surface area contributed by atoms with E-state index >= 15 is 0 Å². The Kier molecular flexibility index (Phi) is 31.6. The Bertz CT molecular complexity index is 267. The summed E-state index contributed by atoms with van der Waals surface area (Å²) < 4.78 is 4.83. The summed E-state index contributed by atoms with van der Waals surface area (Å²) in [5.41, 5.74) is 0. The molecular formula is C20H50N4O. The molecule has 2 rings (SSSR count). The molecule has 2 aliphatic rings. The van der Waals surface area contributed by atoms with E-state index in [0.717, 1.165) is 39.6 Å². The van der Waals surface area contributed by atoms with Crippen molar-refractivity contribution in [1.82, 2.24) is 19.6 Å². The second kappa shape index (κ2) is 22.6. The maximum atomic E-state index is 4.83. The summed E-state index contributed by atoms with van der Waals surface area (Å²) in [6.07, 6.45) is 8.40. The third kappa shape index (κ3) is 18.8. The SMILES string of the molecule is C.C.C.C.CCN1C=CN(C)C1.CCN1C=CN(C)C1.CCOCC. The highest BCUT2D eigenvalue weighted by Gasteiger charge is 2.04. The van der Waals surface area contributed by atoms with E-state index in [4.69, 9.17) is 4.74 Å². The lowest BCUT2D eigenvalue weighted by atomic mass is 10.6. The summed E-state index contributed by atoms with van der Waals surface area (Å²) in [5.74, 6) is 0. The second-order valence-electron chi connectivity index (χ2n) is 4.98. The fourth-order valence-corrected chi connectivity index (χ4v) is 1.79. The molecule has 0 bridgehead atoms. The fraction of sp³-hybridized carbons (Fsp3) is 0.800. The van der Waals surface area contributed by atoms with Gasteiger partial charge in [0.15, 0.2) is 0 Å². The van der Waals surface area contributed by atoms with E-state index in [1.807, 2.05) is 13.8 Å². The van der Waals surface area contributed by atoms with Crippen molar-refractivity contribution in [1.29, 1.82) is 0 Å². The van der Waals surface area contributed by atoms with Crippen molar-refractivity contribution in [3.63, 3.8) is 0 Å². The summed E-state index contributed by atoms with van der Waals surface area (Å²) in [6.45, 7) is 14.3. The fourth-order valence-electron chi connectivity index (χ4n) is 1.79. The first-order valence-corrected chi connectivity index (χ1v) is 7.90. The first-order valence-electron chi connectivity index (χ1n) is 7.90. The highest BCUT2D eigenvalue weighted by Crippen LogP contribution is 2.01. The Balaban J connectivity index is -0.0000000761. The minimum atomic E-state index is 0. The zero-order chi connectivity index (χ0) is 16.1. The van der Waals surface area contributed by atoms with Crippen LogP contribution in [-0.2, 0) is 4.74 Å². The lowest BCUT2D eigenvalue weighted by molar-refractivity contribution is 0.162. The van der Waals surface area contributed by atoms with Gasteiger partial charge in [-0.1, -0.05) is 29.7 Å². The second-order valence-corrected chi connectivity index (χ2v) is 4.98. The molecule has 0 aliphatic carbocycles. The van der Waals surface area contributed by atoms with Gasteiger partial charge >= 0.3 is 0 Å². The van der Waals surface area contributed by atoms with Crippen LogP contribution in [-0.4, -0.2) is 73.3 Å². The molecule has 0 aromatic heterocycles. The van der Waals surface area contributed by atoms with E-state index in [0.29, 0.717) is 0 Å². The standard InChI is InChI=1S/2C6H12N2.C4H10O.4CH4/c2*1-3-8-5-4-7(2)6-8;1-3-5-4-2;;;;/h2*4-5H,3,6H2,1-2H3;3-4H2,1-2H3;4*1H4. The van der Waals surface area contributed by atoms with Crippen molar-refractivity contribution in [2.24, 2.45) is 0 Å². The van der Waals surface area contributed by atoms with Crippen molar-refractivity contribution in [3.8, 4) is 0 Å². The van der Waals surface area contributed by atoms with E-state index in [-0.39, 0.29) is 29.7 Å². The normalized spacial score (nSPS) is 13.4. The van der Waals surface area contributed by atoms with Crippen LogP contribution in [0.5, 0.6) is 0 Å². The smallest absolute Gasteiger partial charge is 0.0890 e. The molecule has 5 nitrogen and oxygen atoms in total. The van der Waals surface area contributed by atoms with Gasteiger partial charge in [-0.3, -0.25) is 0 Å². The van der Waals surface area contributed by atoms with Crippen LogP contribution >= 0.6 is 0 Å². The molecule has 0 saturated carbocycles. The number of nitrogens with zero attached hydrogens (tertiary/aromatic N) is 4. The Morgan fingerprint density at radius 3 is 1.04 bits per heavy atom. The van der Waals surface area contributed by atoms with Gasteiger partial charge < -0.3 is 24.3 Å². The first-order chi connectivity index (χ1) is 10.1. The molecule has 0 spiro atoms. The van der Waals surface area contributed by atoms with E-state index in [2.05, 4.69) is 72.3 Å². The number of rotatable bonds is 4. The lowest BCUT2D eigenvalue weighted by Gasteiger charge is -2.14. The molecule has 25 heavy (non-hydrogen) atoms. The predicted molar refractivity (Wildman–Crippen MR) is 117 cm³/mol. The van der Waals surface area contributed by atoms with Crippen LogP contribution < -0.4 is 0 Å². The average Bonchev–Trinajstić information content (AvgIpc) is 3.09. The Morgan fingerprint density at radius 1 is 0.640 bits per heavy atom. The van der Waals surface area contributed by atoms with Gasteiger partial charge in [0.05, 0.1) is 13.3 Å². The van der Waals surface area contributed by atoms with Gasteiger partial charge in [0.2, 0.25) is 0 Å². The van der Waals surface area contributed by atoms with Crippen LogP contribution in [0, 0.1) is 0 Å². The lowest BCUT2D eigenvalue weighted by Crippen LogP contribution is -2.21. The van der Waals surface area contributed by atoms with Crippen LogP contribution in [0.25, 0.3) is 0 Å². The van der Waals surface area contributed by atoms with E-state index in [1.165, 1.54) is 0 Å². The molecule has 156 valence electrons. The summed E-state index contributed by atoms with van der Waals surface area (Å²) in [7, 11) is 4.15. The quantitative estimate of drug-likeness (QED) is 0.703. The predicted octanol–water partition coefficient (Wildman–Crippen LogP) is 4.95. The number of hydrogen-bond acceptors (Lipinski definition) is 5. The van der Waals surface area contributed by atoms with E-state index < -0.39 is 0 Å². The molecule has 2 aliphatic heterocycles. The average molecular weight is 363 g/mol. The van der Waals surface area contributed by atoms with Crippen molar-refractivity contribution in [2.45, 2.75) is 57.4 Å². The summed E-state index contributed by atoms with van der Waals surface area (Å²) in [6, 6.07) is 0. The maximum absolute atomic E-state index is 4.83. The molecule has 0 aromatic rings. The number of hydrogen-bond donors (Lipinski definition) is 0. The van der Waals surface area contributed by atoms with Gasteiger partial charge in [0.1, 0.15) is 0 Å². The van der Waals surface area contributed by atoms with Crippen molar-refractivity contribution in [2.75, 3.05) is 53.7 Å². The topological polar surface area (TPSA) is 22.2 Å². The third-order valence-corrected chi connectivity index (χ3v) is 3.09. The molecule has 0 unspecified atom stereocenters. The van der Waals surface area contributed by atoms with Gasteiger partial charge in [0.25, 0.3) is 0 Å². The van der Waals surface area contributed by atoms with E-state index in [1.54, 1.807) is 0 Å². The Morgan fingerprint density at radius 2 is 0.960 bits per heavy atom. The molecule has 0 fully saturated rings. The van der Waals surface area contributed by atoms with Crippen LogP contribution in [0.3, 0.4) is 0 Å². The molecule has 0 saturated heterocycles. The van der Waals surface area contributed by atoms with Crippen LogP contribution in [0.15, 0.2) is 24.8 Å². The molecule has 0 atom stereocenters. The Hall–Kier alpha value is -1.36. The van der Waals surface area contributed by atoms with Gasteiger partial charge in [0, 0.05) is 65.2 Å². The minimum absolute atomic E-state index is 0. The summed E-state index contributed by atoms with van der Waals surface area (Å²) >= 11 is 0. The zero-order valence-corrected chi connectivity index (χ0v) is 14.7. The Labute approximate surface area is 160 Å². The third-order valence-electron chi connectivity index (χ3n) is 3.09. The molecule has 2 heterocycles. The van der Waals surface area contributed by atoms with Gasteiger partial charge in [-0.15, -0.1) is 0 Å². The largest absolute Gasteiger partial charge is 0.382 e. The van der Waals surface area contributed by atoms with Gasteiger partial charge in [-0.05, 0) is 27.7 Å². The molecule has 5 heteroatoms. The molecular weight excluding hydrogens is 312 g/mol. The molecule has 0 radical (unpaired) electrons.